The van der Waals surface area contributed by atoms with E-state index in [1.165, 1.54) is 0 Å². The number of hydrogen-bond acceptors (Lipinski definition) is 4. The lowest BCUT2D eigenvalue weighted by Crippen LogP contribution is -2.21. The summed E-state index contributed by atoms with van der Waals surface area (Å²) in [6.07, 6.45) is 3.39. The molecule has 0 aliphatic carbocycles. The molecular formula is C12H17N3O2. The van der Waals surface area contributed by atoms with Crippen LogP contribution in [-0.2, 0) is 6.54 Å². The summed E-state index contributed by atoms with van der Waals surface area (Å²) in [7, 11) is 3.54. The van der Waals surface area contributed by atoms with Crippen LogP contribution in [0.4, 0.5) is 0 Å². The van der Waals surface area contributed by atoms with E-state index >= 15 is 0 Å². The first-order valence-electron chi connectivity index (χ1n) is 5.62. The molecular weight excluding hydrogens is 218 g/mol. The fourth-order valence-corrected chi connectivity index (χ4v) is 1.95. The lowest BCUT2D eigenvalue weighted by molar-refractivity contribution is 0.389. The molecule has 0 aliphatic rings. The lowest BCUT2D eigenvalue weighted by Gasteiger charge is -2.16. The smallest absolute Gasteiger partial charge is 0.162 e. The molecule has 0 radical (unpaired) electrons. The van der Waals surface area contributed by atoms with Crippen LogP contribution in [0.15, 0.2) is 29.0 Å². The molecule has 2 heterocycles. The zero-order valence-corrected chi connectivity index (χ0v) is 10.3. The van der Waals surface area contributed by atoms with E-state index in [4.69, 9.17) is 9.15 Å². The van der Waals surface area contributed by atoms with E-state index in [-0.39, 0.29) is 6.04 Å². The van der Waals surface area contributed by atoms with Gasteiger partial charge >= 0.3 is 0 Å². The minimum absolute atomic E-state index is 0.0533. The Morgan fingerprint density at radius 3 is 2.94 bits per heavy atom. The molecule has 0 spiro atoms. The summed E-state index contributed by atoms with van der Waals surface area (Å²) in [6.45, 7) is 2.84. The average molecular weight is 235 g/mol. The summed E-state index contributed by atoms with van der Waals surface area (Å²) in [6, 6.07) is 3.76. The molecule has 0 saturated heterocycles. The standard InChI is InChI=1S/C12H17N3O2/c1-4-15-12(10(16-3)8-14-15)11(13-2)9-6-5-7-17-9/h5-8,11,13H,4H2,1-3H3. The van der Waals surface area contributed by atoms with Gasteiger partial charge in [-0.25, -0.2) is 0 Å². The molecule has 2 rings (SSSR count). The topological polar surface area (TPSA) is 52.2 Å². The number of nitrogens with one attached hydrogen (secondary N) is 1. The van der Waals surface area contributed by atoms with Crippen molar-refractivity contribution < 1.29 is 9.15 Å². The number of nitrogens with zero attached hydrogens (tertiary/aromatic N) is 2. The fraction of sp³-hybridized carbons (Fsp3) is 0.417. The van der Waals surface area contributed by atoms with E-state index in [1.54, 1.807) is 19.6 Å². The van der Waals surface area contributed by atoms with Crippen LogP contribution in [0.2, 0.25) is 0 Å². The molecule has 0 aromatic carbocycles. The third kappa shape index (κ3) is 2.06. The lowest BCUT2D eigenvalue weighted by atomic mass is 10.1. The van der Waals surface area contributed by atoms with E-state index in [9.17, 15) is 0 Å². The second-order valence-electron chi connectivity index (χ2n) is 3.65. The molecule has 1 unspecified atom stereocenters. The van der Waals surface area contributed by atoms with E-state index in [1.807, 2.05) is 30.8 Å². The van der Waals surface area contributed by atoms with Crippen LogP contribution in [0.5, 0.6) is 5.75 Å². The van der Waals surface area contributed by atoms with Gasteiger partial charge in [0.25, 0.3) is 0 Å². The van der Waals surface area contributed by atoms with E-state index < -0.39 is 0 Å². The largest absolute Gasteiger partial charge is 0.493 e. The van der Waals surface area contributed by atoms with Crippen LogP contribution in [0.25, 0.3) is 0 Å². The van der Waals surface area contributed by atoms with Crippen molar-refractivity contribution in [1.82, 2.24) is 15.1 Å². The molecule has 2 aromatic heterocycles. The Balaban J connectivity index is 2.46. The Hall–Kier alpha value is -1.75. The van der Waals surface area contributed by atoms with Crippen molar-refractivity contribution >= 4 is 0 Å². The minimum Gasteiger partial charge on any atom is -0.493 e. The number of methoxy groups -OCH3 is 1. The normalized spacial score (nSPS) is 12.6. The monoisotopic (exact) mass is 235 g/mol. The number of aryl methyl sites for hydroxylation is 1. The fourth-order valence-electron chi connectivity index (χ4n) is 1.95. The summed E-state index contributed by atoms with van der Waals surface area (Å²) >= 11 is 0. The van der Waals surface area contributed by atoms with Crippen LogP contribution >= 0.6 is 0 Å². The zero-order chi connectivity index (χ0) is 12.3. The Labute approximate surface area is 100 Å². The highest BCUT2D eigenvalue weighted by molar-refractivity contribution is 5.33. The number of ether oxygens (including phenoxy) is 1. The predicted octanol–water partition coefficient (Wildman–Crippen LogP) is 1.81. The second-order valence-corrected chi connectivity index (χ2v) is 3.65. The van der Waals surface area contributed by atoms with Crippen LogP contribution in [-0.4, -0.2) is 23.9 Å². The van der Waals surface area contributed by atoms with Gasteiger partial charge in [-0.1, -0.05) is 0 Å². The Morgan fingerprint density at radius 1 is 1.59 bits per heavy atom. The van der Waals surface area contributed by atoms with Gasteiger partial charge in [0.05, 0.1) is 19.6 Å². The first-order valence-corrected chi connectivity index (χ1v) is 5.62. The van der Waals surface area contributed by atoms with E-state index in [0.717, 1.165) is 23.7 Å². The second kappa shape index (κ2) is 5.05. The molecule has 5 nitrogen and oxygen atoms in total. The van der Waals surface area contributed by atoms with Gasteiger partial charge in [0.15, 0.2) is 5.75 Å². The molecule has 1 atom stereocenters. The van der Waals surface area contributed by atoms with Crippen molar-refractivity contribution in [2.24, 2.45) is 0 Å². The molecule has 0 saturated carbocycles. The van der Waals surface area contributed by atoms with Crippen molar-refractivity contribution in [2.75, 3.05) is 14.2 Å². The molecule has 1 N–H and O–H groups in total. The number of hydrogen-bond donors (Lipinski definition) is 1. The van der Waals surface area contributed by atoms with Gasteiger partial charge in [0.1, 0.15) is 17.5 Å². The van der Waals surface area contributed by atoms with Crippen LogP contribution < -0.4 is 10.1 Å². The van der Waals surface area contributed by atoms with Gasteiger partial charge in [-0.2, -0.15) is 5.10 Å². The summed E-state index contributed by atoms with van der Waals surface area (Å²) in [5.74, 6) is 1.61. The summed E-state index contributed by atoms with van der Waals surface area (Å²) < 4.78 is 12.7. The molecule has 0 bridgehead atoms. The van der Waals surface area contributed by atoms with Gasteiger partial charge < -0.3 is 14.5 Å². The van der Waals surface area contributed by atoms with E-state index in [0.29, 0.717) is 0 Å². The Kier molecular flexibility index (Phi) is 3.49. The van der Waals surface area contributed by atoms with Gasteiger partial charge in [0.2, 0.25) is 0 Å². The van der Waals surface area contributed by atoms with E-state index in [2.05, 4.69) is 10.4 Å². The molecule has 2 aromatic rings. The van der Waals surface area contributed by atoms with Crippen LogP contribution in [0.3, 0.4) is 0 Å². The molecule has 92 valence electrons. The van der Waals surface area contributed by atoms with Gasteiger partial charge in [-0.3, -0.25) is 4.68 Å². The number of aromatic nitrogens is 2. The zero-order valence-electron chi connectivity index (χ0n) is 10.3. The van der Waals surface area contributed by atoms with Crippen LogP contribution in [0, 0.1) is 0 Å². The maximum atomic E-state index is 5.45. The maximum absolute atomic E-state index is 5.45. The highest BCUT2D eigenvalue weighted by Gasteiger charge is 2.23. The highest BCUT2D eigenvalue weighted by atomic mass is 16.5. The Morgan fingerprint density at radius 2 is 2.41 bits per heavy atom. The van der Waals surface area contributed by atoms with Gasteiger partial charge in [-0.05, 0) is 26.1 Å². The van der Waals surface area contributed by atoms with Crippen LogP contribution in [0.1, 0.15) is 24.4 Å². The van der Waals surface area contributed by atoms with Crippen molar-refractivity contribution in [3.63, 3.8) is 0 Å². The van der Waals surface area contributed by atoms with Crippen molar-refractivity contribution in [3.8, 4) is 5.75 Å². The number of rotatable bonds is 5. The number of furan rings is 1. The van der Waals surface area contributed by atoms with Gasteiger partial charge in [-0.15, -0.1) is 0 Å². The van der Waals surface area contributed by atoms with Crippen molar-refractivity contribution in [3.05, 3.63) is 36.0 Å². The third-order valence-electron chi connectivity index (χ3n) is 2.75. The predicted molar refractivity (Wildman–Crippen MR) is 64.1 cm³/mol. The summed E-state index contributed by atoms with van der Waals surface area (Å²) in [5.41, 5.74) is 0.979. The van der Waals surface area contributed by atoms with Crippen molar-refractivity contribution in [1.29, 1.82) is 0 Å². The van der Waals surface area contributed by atoms with Gasteiger partial charge in [0, 0.05) is 6.54 Å². The molecule has 0 amide bonds. The average Bonchev–Trinajstić information content (AvgIpc) is 2.99. The molecule has 17 heavy (non-hydrogen) atoms. The maximum Gasteiger partial charge on any atom is 0.162 e. The first kappa shape index (κ1) is 11.7. The van der Waals surface area contributed by atoms with Crippen molar-refractivity contribution in [2.45, 2.75) is 19.5 Å². The minimum atomic E-state index is -0.0533. The quantitative estimate of drug-likeness (QED) is 0.858. The molecule has 0 aliphatic heterocycles. The highest BCUT2D eigenvalue weighted by Crippen LogP contribution is 2.29. The first-order chi connectivity index (χ1) is 8.31. The molecule has 5 heteroatoms. The summed E-state index contributed by atoms with van der Waals surface area (Å²) in [4.78, 5) is 0. The summed E-state index contributed by atoms with van der Waals surface area (Å²) in [5, 5.41) is 7.52. The third-order valence-corrected chi connectivity index (χ3v) is 2.75. The SMILES string of the molecule is CCn1ncc(OC)c1C(NC)c1ccco1. The Bertz CT molecular complexity index is 441. The molecule has 0 fully saturated rings.